The van der Waals surface area contributed by atoms with Gasteiger partial charge in [0, 0.05) is 5.56 Å². The fourth-order valence-corrected chi connectivity index (χ4v) is 1.98. The van der Waals surface area contributed by atoms with E-state index in [0.717, 1.165) is 17.9 Å². The summed E-state index contributed by atoms with van der Waals surface area (Å²) in [6, 6.07) is 8.50. The van der Waals surface area contributed by atoms with E-state index < -0.39 is 5.82 Å². The van der Waals surface area contributed by atoms with Crippen molar-refractivity contribution in [2.45, 2.75) is 19.9 Å². The Kier molecular flexibility index (Phi) is 4.04. The molecule has 18 heavy (non-hydrogen) atoms. The van der Waals surface area contributed by atoms with E-state index >= 15 is 0 Å². The molecule has 1 unspecified atom stereocenters. The Morgan fingerprint density at radius 3 is 2.78 bits per heavy atom. The zero-order chi connectivity index (χ0) is 13.1. The van der Waals surface area contributed by atoms with Gasteiger partial charge in [0.25, 0.3) is 0 Å². The number of hydrogen-bond donors (Lipinski definition) is 1. The smallest absolute Gasteiger partial charge is 0.141 e. The lowest BCUT2D eigenvalue weighted by atomic mass is 10.2. The molecule has 1 aromatic carbocycles. The van der Waals surface area contributed by atoms with Gasteiger partial charge in [-0.3, -0.25) is 0 Å². The first-order valence-electron chi connectivity index (χ1n) is 5.90. The fraction of sp³-hybridized carbons (Fsp3) is 0.286. The minimum Gasteiger partial charge on any atom is -0.459 e. The Labute approximate surface area is 111 Å². The summed E-state index contributed by atoms with van der Waals surface area (Å²) in [4.78, 5) is 0. The molecule has 0 amide bonds. The Hall–Kier alpha value is -1.32. The van der Waals surface area contributed by atoms with Gasteiger partial charge in [-0.25, -0.2) is 4.39 Å². The molecule has 1 heterocycles. The lowest BCUT2D eigenvalue weighted by Gasteiger charge is -2.08. The second kappa shape index (κ2) is 5.55. The summed E-state index contributed by atoms with van der Waals surface area (Å²) < 4.78 is 18.8. The molecule has 96 valence electrons. The van der Waals surface area contributed by atoms with Crippen molar-refractivity contribution in [1.82, 2.24) is 5.32 Å². The summed E-state index contributed by atoms with van der Waals surface area (Å²) in [6.45, 7) is 4.95. The molecule has 0 saturated heterocycles. The SMILES string of the molecule is CCNC(C)c1ccc(-c2ccc(F)c(Cl)c2)o1. The topological polar surface area (TPSA) is 25.2 Å². The van der Waals surface area contributed by atoms with E-state index in [9.17, 15) is 4.39 Å². The van der Waals surface area contributed by atoms with E-state index in [1.807, 2.05) is 26.0 Å². The second-order valence-corrected chi connectivity index (χ2v) is 4.52. The minimum absolute atomic E-state index is 0.102. The lowest BCUT2D eigenvalue weighted by molar-refractivity contribution is 0.445. The maximum Gasteiger partial charge on any atom is 0.141 e. The molecular formula is C14H15ClFNO. The van der Waals surface area contributed by atoms with Crippen LogP contribution in [0.4, 0.5) is 4.39 Å². The third-order valence-corrected chi connectivity index (χ3v) is 3.06. The predicted molar refractivity (Wildman–Crippen MR) is 71.2 cm³/mol. The number of hydrogen-bond acceptors (Lipinski definition) is 2. The molecule has 0 aliphatic carbocycles. The van der Waals surface area contributed by atoms with Crippen LogP contribution in [0.1, 0.15) is 25.6 Å². The minimum atomic E-state index is -0.423. The van der Waals surface area contributed by atoms with E-state index in [1.54, 1.807) is 12.1 Å². The van der Waals surface area contributed by atoms with Gasteiger partial charge in [-0.15, -0.1) is 0 Å². The third kappa shape index (κ3) is 2.74. The fourth-order valence-electron chi connectivity index (χ4n) is 1.80. The van der Waals surface area contributed by atoms with Gasteiger partial charge < -0.3 is 9.73 Å². The zero-order valence-electron chi connectivity index (χ0n) is 10.3. The largest absolute Gasteiger partial charge is 0.459 e. The van der Waals surface area contributed by atoms with Crippen LogP contribution in [0.5, 0.6) is 0 Å². The van der Waals surface area contributed by atoms with Crippen LogP contribution >= 0.6 is 11.6 Å². The zero-order valence-corrected chi connectivity index (χ0v) is 11.1. The standard InChI is InChI=1S/C14H15ClFNO/c1-3-17-9(2)13-6-7-14(18-13)10-4-5-12(16)11(15)8-10/h4-9,17H,3H2,1-2H3. The molecule has 4 heteroatoms. The number of benzene rings is 1. The first-order chi connectivity index (χ1) is 8.61. The summed E-state index contributed by atoms with van der Waals surface area (Å²) in [5.41, 5.74) is 0.774. The van der Waals surface area contributed by atoms with E-state index in [0.29, 0.717) is 5.76 Å². The van der Waals surface area contributed by atoms with Crippen LogP contribution in [-0.4, -0.2) is 6.54 Å². The Morgan fingerprint density at radius 2 is 2.11 bits per heavy atom. The van der Waals surface area contributed by atoms with Gasteiger partial charge in [-0.2, -0.15) is 0 Å². The van der Waals surface area contributed by atoms with Crippen molar-refractivity contribution in [1.29, 1.82) is 0 Å². The molecule has 1 N–H and O–H groups in total. The summed E-state index contributed by atoms with van der Waals surface area (Å²) in [7, 11) is 0. The van der Waals surface area contributed by atoms with Crippen LogP contribution in [0.25, 0.3) is 11.3 Å². The highest BCUT2D eigenvalue weighted by atomic mass is 35.5. The maximum absolute atomic E-state index is 13.1. The molecule has 1 aromatic heterocycles. The average molecular weight is 268 g/mol. The van der Waals surface area contributed by atoms with Gasteiger partial charge >= 0.3 is 0 Å². The number of halogens is 2. The number of rotatable bonds is 4. The molecule has 2 rings (SSSR count). The first-order valence-corrected chi connectivity index (χ1v) is 6.28. The molecule has 0 aliphatic heterocycles. The monoisotopic (exact) mass is 267 g/mol. The molecule has 0 aliphatic rings. The summed E-state index contributed by atoms with van der Waals surface area (Å²) in [5, 5.41) is 3.37. The van der Waals surface area contributed by atoms with E-state index in [-0.39, 0.29) is 11.1 Å². The molecule has 0 radical (unpaired) electrons. The molecule has 0 saturated carbocycles. The van der Waals surface area contributed by atoms with Crippen LogP contribution in [0, 0.1) is 5.82 Å². The molecule has 2 nitrogen and oxygen atoms in total. The van der Waals surface area contributed by atoms with Crippen LogP contribution < -0.4 is 5.32 Å². The molecule has 2 aromatic rings. The van der Waals surface area contributed by atoms with Gasteiger partial charge in [0.1, 0.15) is 17.3 Å². The van der Waals surface area contributed by atoms with E-state index in [1.165, 1.54) is 6.07 Å². The molecular weight excluding hydrogens is 253 g/mol. The molecule has 1 atom stereocenters. The molecule has 0 fully saturated rings. The molecule has 0 bridgehead atoms. The van der Waals surface area contributed by atoms with Crippen molar-refractivity contribution in [2.75, 3.05) is 6.54 Å². The normalized spacial score (nSPS) is 12.7. The Bertz CT molecular complexity index is 538. The van der Waals surface area contributed by atoms with Gasteiger partial charge in [0.2, 0.25) is 0 Å². The van der Waals surface area contributed by atoms with Crippen molar-refractivity contribution in [3.05, 3.63) is 46.9 Å². The summed E-state index contributed by atoms with van der Waals surface area (Å²) >= 11 is 5.75. The maximum atomic E-state index is 13.1. The van der Waals surface area contributed by atoms with Crippen molar-refractivity contribution < 1.29 is 8.81 Å². The Balaban J connectivity index is 2.26. The predicted octanol–water partition coefficient (Wildman–Crippen LogP) is 4.41. The van der Waals surface area contributed by atoms with Crippen molar-refractivity contribution in [2.24, 2.45) is 0 Å². The Morgan fingerprint density at radius 1 is 1.33 bits per heavy atom. The van der Waals surface area contributed by atoms with Gasteiger partial charge in [-0.1, -0.05) is 18.5 Å². The van der Waals surface area contributed by atoms with Crippen LogP contribution in [0.3, 0.4) is 0 Å². The van der Waals surface area contributed by atoms with Crippen molar-refractivity contribution in [3.63, 3.8) is 0 Å². The number of furan rings is 1. The van der Waals surface area contributed by atoms with Crippen LogP contribution in [0.2, 0.25) is 5.02 Å². The van der Waals surface area contributed by atoms with E-state index in [2.05, 4.69) is 5.32 Å². The van der Waals surface area contributed by atoms with Crippen molar-refractivity contribution >= 4 is 11.6 Å². The number of nitrogens with one attached hydrogen (secondary N) is 1. The van der Waals surface area contributed by atoms with Gasteiger partial charge in [0.05, 0.1) is 11.1 Å². The lowest BCUT2D eigenvalue weighted by Crippen LogP contribution is -2.16. The summed E-state index contributed by atoms with van der Waals surface area (Å²) in [5.74, 6) is 1.12. The third-order valence-electron chi connectivity index (χ3n) is 2.77. The molecule has 0 spiro atoms. The van der Waals surface area contributed by atoms with Gasteiger partial charge in [0.15, 0.2) is 0 Å². The first kappa shape index (κ1) is 13.1. The van der Waals surface area contributed by atoms with Gasteiger partial charge in [-0.05, 0) is 43.8 Å². The highest BCUT2D eigenvalue weighted by Crippen LogP contribution is 2.28. The summed E-state index contributed by atoms with van der Waals surface area (Å²) in [6.07, 6.45) is 0. The van der Waals surface area contributed by atoms with Crippen LogP contribution in [-0.2, 0) is 0 Å². The van der Waals surface area contributed by atoms with Crippen molar-refractivity contribution in [3.8, 4) is 11.3 Å². The average Bonchev–Trinajstić information content (AvgIpc) is 2.82. The van der Waals surface area contributed by atoms with Crippen LogP contribution in [0.15, 0.2) is 34.7 Å². The quantitative estimate of drug-likeness (QED) is 0.888. The van der Waals surface area contributed by atoms with E-state index in [4.69, 9.17) is 16.0 Å². The highest BCUT2D eigenvalue weighted by molar-refractivity contribution is 6.31. The highest BCUT2D eigenvalue weighted by Gasteiger charge is 2.11. The second-order valence-electron chi connectivity index (χ2n) is 4.11.